The maximum Gasteiger partial charge on any atom is 0.0740 e. The number of hydrogen-bond donors (Lipinski definition) is 1. The third-order valence-electron chi connectivity index (χ3n) is 3.84. The molecule has 20 heavy (non-hydrogen) atoms. The SMILES string of the molecule is CCc1ccc(CC(O)(CC)Cc2ccccc2)nc1. The first-order chi connectivity index (χ1) is 9.65. The van der Waals surface area contributed by atoms with Gasteiger partial charge in [-0.25, -0.2) is 0 Å². The molecule has 0 amide bonds. The van der Waals surface area contributed by atoms with Gasteiger partial charge in [0.25, 0.3) is 0 Å². The summed E-state index contributed by atoms with van der Waals surface area (Å²) in [5.74, 6) is 0. The number of nitrogens with zero attached hydrogens (tertiary/aromatic N) is 1. The van der Waals surface area contributed by atoms with Gasteiger partial charge in [-0.3, -0.25) is 4.98 Å². The third kappa shape index (κ3) is 3.91. The number of hydrogen-bond acceptors (Lipinski definition) is 2. The smallest absolute Gasteiger partial charge is 0.0740 e. The molecule has 2 nitrogen and oxygen atoms in total. The van der Waals surface area contributed by atoms with Crippen LogP contribution in [0.4, 0.5) is 0 Å². The van der Waals surface area contributed by atoms with E-state index in [1.807, 2.05) is 37.4 Å². The van der Waals surface area contributed by atoms with Gasteiger partial charge in [0.1, 0.15) is 0 Å². The molecule has 2 rings (SSSR count). The normalized spacial score (nSPS) is 13.9. The van der Waals surface area contributed by atoms with Crippen LogP contribution in [0.2, 0.25) is 0 Å². The van der Waals surface area contributed by atoms with Crippen molar-refractivity contribution in [3.05, 3.63) is 65.5 Å². The van der Waals surface area contributed by atoms with Crippen LogP contribution in [0.1, 0.15) is 37.1 Å². The van der Waals surface area contributed by atoms with Gasteiger partial charge in [-0.2, -0.15) is 0 Å². The molecule has 0 bridgehead atoms. The first-order valence-electron chi connectivity index (χ1n) is 7.35. The fourth-order valence-electron chi connectivity index (χ4n) is 2.39. The number of pyridine rings is 1. The van der Waals surface area contributed by atoms with Gasteiger partial charge >= 0.3 is 0 Å². The molecule has 0 fully saturated rings. The predicted octanol–water partition coefficient (Wildman–Crippen LogP) is 3.57. The maximum atomic E-state index is 10.8. The van der Waals surface area contributed by atoms with E-state index in [1.54, 1.807) is 0 Å². The zero-order valence-corrected chi connectivity index (χ0v) is 12.3. The Morgan fingerprint density at radius 3 is 2.25 bits per heavy atom. The van der Waals surface area contributed by atoms with E-state index < -0.39 is 5.60 Å². The summed E-state index contributed by atoms with van der Waals surface area (Å²) in [5.41, 5.74) is 2.64. The second kappa shape index (κ2) is 6.67. The van der Waals surface area contributed by atoms with E-state index in [0.717, 1.165) is 18.5 Å². The van der Waals surface area contributed by atoms with E-state index in [2.05, 4.69) is 30.1 Å². The molecule has 0 spiro atoms. The standard InChI is InChI=1S/C18H23NO/c1-3-15-10-11-17(19-14-15)13-18(20,4-2)12-16-8-6-5-7-9-16/h5-11,14,20H,3-4,12-13H2,1-2H3. The minimum absolute atomic E-state index is 0.600. The van der Waals surface area contributed by atoms with Gasteiger partial charge < -0.3 is 5.11 Å². The van der Waals surface area contributed by atoms with Gasteiger partial charge in [-0.15, -0.1) is 0 Å². The lowest BCUT2D eigenvalue weighted by atomic mass is 9.87. The van der Waals surface area contributed by atoms with Crippen molar-refractivity contribution >= 4 is 0 Å². The number of aromatic nitrogens is 1. The summed E-state index contributed by atoms with van der Waals surface area (Å²) in [6.45, 7) is 4.15. The molecule has 0 radical (unpaired) electrons. The number of benzene rings is 1. The molecule has 1 atom stereocenters. The molecule has 2 heteroatoms. The van der Waals surface area contributed by atoms with E-state index in [9.17, 15) is 5.11 Å². The van der Waals surface area contributed by atoms with Crippen molar-refractivity contribution in [2.24, 2.45) is 0 Å². The Morgan fingerprint density at radius 1 is 0.950 bits per heavy atom. The predicted molar refractivity (Wildman–Crippen MR) is 82.7 cm³/mol. The molecule has 1 aromatic carbocycles. The third-order valence-corrected chi connectivity index (χ3v) is 3.84. The topological polar surface area (TPSA) is 33.1 Å². The second-order valence-corrected chi connectivity index (χ2v) is 5.43. The van der Waals surface area contributed by atoms with Crippen molar-refractivity contribution in [2.75, 3.05) is 0 Å². The van der Waals surface area contributed by atoms with Crippen LogP contribution in [0.25, 0.3) is 0 Å². The lowest BCUT2D eigenvalue weighted by molar-refractivity contribution is 0.0359. The zero-order valence-electron chi connectivity index (χ0n) is 12.3. The lowest BCUT2D eigenvalue weighted by Crippen LogP contribution is -2.33. The van der Waals surface area contributed by atoms with E-state index in [4.69, 9.17) is 0 Å². The van der Waals surface area contributed by atoms with Gasteiger partial charge in [0, 0.05) is 24.7 Å². The van der Waals surface area contributed by atoms with E-state index >= 15 is 0 Å². The second-order valence-electron chi connectivity index (χ2n) is 5.43. The quantitative estimate of drug-likeness (QED) is 0.869. The minimum Gasteiger partial charge on any atom is -0.389 e. The number of aryl methyl sites for hydroxylation is 1. The van der Waals surface area contributed by atoms with Gasteiger partial charge in [0.2, 0.25) is 0 Å². The van der Waals surface area contributed by atoms with Crippen LogP contribution in [-0.4, -0.2) is 15.7 Å². The molecule has 1 aromatic heterocycles. The van der Waals surface area contributed by atoms with Crippen LogP contribution in [0.3, 0.4) is 0 Å². The molecule has 106 valence electrons. The highest BCUT2D eigenvalue weighted by Gasteiger charge is 2.26. The molecule has 1 N–H and O–H groups in total. The van der Waals surface area contributed by atoms with Crippen molar-refractivity contribution in [3.63, 3.8) is 0 Å². The summed E-state index contributed by atoms with van der Waals surface area (Å²) >= 11 is 0. The Bertz CT molecular complexity index is 521. The van der Waals surface area contributed by atoms with Crippen LogP contribution in [-0.2, 0) is 19.3 Å². The summed E-state index contributed by atoms with van der Waals surface area (Å²) < 4.78 is 0. The monoisotopic (exact) mass is 269 g/mol. The number of rotatable bonds is 6. The van der Waals surface area contributed by atoms with E-state index in [0.29, 0.717) is 12.8 Å². The summed E-state index contributed by atoms with van der Waals surface area (Å²) in [5, 5.41) is 10.8. The average Bonchev–Trinajstić information content (AvgIpc) is 2.49. The molecule has 0 aliphatic carbocycles. The fourth-order valence-corrected chi connectivity index (χ4v) is 2.39. The summed E-state index contributed by atoms with van der Waals surface area (Å²) in [6, 6.07) is 14.3. The molecule has 1 unspecified atom stereocenters. The van der Waals surface area contributed by atoms with Crippen molar-refractivity contribution in [2.45, 2.75) is 45.1 Å². The van der Waals surface area contributed by atoms with Crippen LogP contribution in [0, 0.1) is 0 Å². The fraction of sp³-hybridized carbons (Fsp3) is 0.389. The van der Waals surface area contributed by atoms with Gasteiger partial charge in [0.15, 0.2) is 0 Å². The molecule has 0 saturated heterocycles. The Labute approximate surface area is 121 Å². The van der Waals surface area contributed by atoms with Crippen LogP contribution < -0.4 is 0 Å². The average molecular weight is 269 g/mol. The summed E-state index contributed by atoms with van der Waals surface area (Å²) in [4.78, 5) is 4.46. The molecule has 0 saturated carbocycles. The van der Waals surface area contributed by atoms with E-state index in [1.165, 1.54) is 11.1 Å². The van der Waals surface area contributed by atoms with Crippen LogP contribution in [0.15, 0.2) is 48.7 Å². The molecule has 0 aliphatic rings. The highest BCUT2D eigenvalue weighted by atomic mass is 16.3. The van der Waals surface area contributed by atoms with Gasteiger partial charge in [-0.05, 0) is 30.0 Å². The summed E-state index contributed by atoms with van der Waals surface area (Å²) in [7, 11) is 0. The Kier molecular flexibility index (Phi) is 4.91. The van der Waals surface area contributed by atoms with Crippen molar-refractivity contribution in [1.82, 2.24) is 4.98 Å². The highest BCUT2D eigenvalue weighted by molar-refractivity contribution is 5.20. The van der Waals surface area contributed by atoms with Gasteiger partial charge in [-0.1, -0.05) is 50.2 Å². The highest BCUT2D eigenvalue weighted by Crippen LogP contribution is 2.22. The number of aliphatic hydroxyl groups is 1. The Morgan fingerprint density at radius 2 is 1.70 bits per heavy atom. The first-order valence-corrected chi connectivity index (χ1v) is 7.35. The lowest BCUT2D eigenvalue weighted by Gasteiger charge is -2.26. The maximum absolute atomic E-state index is 10.8. The molecule has 2 aromatic rings. The zero-order chi connectivity index (χ0) is 14.4. The first kappa shape index (κ1) is 14.7. The van der Waals surface area contributed by atoms with Gasteiger partial charge in [0.05, 0.1) is 5.60 Å². The Balaban J connectivity index is 2.09. The largest absolute Gasteiger partial charge is 0.389 e. The summed E-state index contributed by atoms with van der Waals surface area (Å²) in [6.07, 6.45) is 4.90. The minimum atomic E-state index is -0.720. The van der Waals surface area contributed by atoms with Crippen molar-refractivity contribution in [3.8, 4) is 0 Å². The van der Waals surface area contributed by atoms with Crippen molar-refractivity contribution < 1.29 is 5.11 Å². The molecule has 0 aliphatic heterocycles. The van der Waals surface area contributed by atoms with Crippen LogP contribution >= 0.6 is 0 Å². The molecule has 1 heterocycles. The Hall–Kier alpha value is -1.67. The van der Waals surface area contributed by atoms with E-state index in [-0.39, 0.29) is 0 Å². The molecular weight excluding hydrogens is 246 g/mol. The molecular formula is C18H23NO. The van der Waals surface area contributed by atoms with Crippen LogP contribution in [0.5, 0.6) is 0 Å². The van der Waals surface area contributed by atoms with Crippen molar-refractivity contribution in [1.29, 1.82) is 0 Å².